The molecule has 0 bridgehead atoms. The number of carbonyl (C=O) groups excluding carboxylic acids is 4. The first kappa shape index (κ1) is 31.8. The van der Waals surface area contributed by atoms with E-state index in [4.69, 9.17) is 4.74 Å². The first-order valence-electron chi connectivity index (χ1n) is 14.1. The second-order valence-corrected chi connectivity index (χ2v) is 12.2. The summed E-state index contributed by atoms with van der Waals surface area (Å²) in [4.78, 5) is 58.1. The predicted octanol–water partition coefficient (Wildman–Crippen LogP) is 2.99. The van der Waals surface area contributed by atoms with Gasteiger partial charge in [0.05, 0.1) is 18.7 Å². The summed E-state index contributed by atoms with van der Waals surface area (Å²) in [7, 11) is 3.69. The van der Waals surface area contributed by atoms with Crippen molar-refractivity contribution in [2.45, 2.75) is 105 Å². The predicted molar refractivity (Wildman–Crippen MR) is 148 cm³/mol. The molecule has 0 aromatic carbocycles. The lowest BCUT2D eigenvalue weighted by Gasteiger charge is -2.39. The van der Waals surface area contributed by atoms with E-state index in [0.717, 1.165) is 32.2 Å². The number of amides is 3. The van der Waals surface area contributed by atoms with Gasteiger partial charge in [0.25, 0.3) is 0 Å². The lowest BCUT2D eigenvalue weighted by molar-refractivity contribution is -0.152. The van der Waals surface area contributed by atoms with Crippen LogP contribution in [0.1, 0.15) is 80.6 Å². The average molecular weight is 535 g/mol. The monoisotopic (exact) mass is 534 g/mol. The van der Waals surface area contributed by atoms with Crippen LogP contribution in [-0.2, 0) is 23.9 Å². The molecular weight excluding hydrogens is 484 g/mol. The van der Waals surface area contributed by atoms with Crippen LogP contribution in [0.4, 0.5) is 0 Å². The number of nitrogens with zero attached hydrogens (tertiary/aromatic N) is 3. The Morgan fingerprint density at radius 3 is 2.24 bits per heavy atom. The Balaban J connectivity index is 2.24. The average Bonchev–Trinajstić information content (AvgIpc) is 3.34. The number of likely N-dealkylation sites (tertiary alicyclic amines) is 2. The van der Waals surface area contributed by atoms with Crippen LogP contribution in [0.25, 0.3) is 0 Å². The smallest absolute Gasteiger partial charge is 0.328 e. The molecule has 2 saturated heterocycles. The Labute approximate surface area is 229 Å². The highest BCUT2D eigenvalue weighted by Gasteiger charge is 2.40. The SMILES string of the molecule is CCOC(=O)[C@@H]1CCCN1C(=O)/C(C)=C/[C@H](C(C)C)N(C)C(=O)[C@@H](NC(=O)[C@H]1CCCCN1C)C(C)(C)C. The number of ether oxygens (including phenoxy) is 1. The Morgan fingerprint density at radius 1 is 1.05 bits per heavy atom. The van der Waals surface area contributed by atoms with Gasteiger partial charge < -0.3 is 19.9 Å². The molecule has 38 heavy (non-hydrogen) atoms. The van der Waals surface area contributed by atoms with Gasteiger partial charge in [-0.05, 0) is 64.5 Å². The summed E-state index contributed by atoms with van der Waals surface area (Å²) in [5.74, 6) is -0.868. The highest BCUT2D eigenvalue weighted by atomic mass is 16.5. The molecule has 2 fully saturated rings. The van der Waals surface area contributed by atoms with Crippen molar-refractivity contribution >= 4 is 23.7 Å². The summed E-state index contributed by atoms with van der Waals surface area (Å²) in [6, 6.07) is -1.89. The Hall–Kier alpha value is -2.42. The molecule has 2 heterocycles. The lowest BCUT2D eigenvalue weighted by atomic mass is 9.84. The Kier molecular flexibility index (Phi) is 11.4. The van der Waals surface area contributed by atoms with Crippen molar-refractivity contribution in [2.75, 3.05) is 33.8 Å². The standard InChI is InChI=1S/C29H50N4O5/c1-10-38-28(37)22-15-13-17-33(22)26(35)20(4)18-23(19(2)3)32(9)27(36)24(29(5,6)7)30-25(34)21-14-11-12-16-31(21)8/h18-19,21-24H,10-17H2,1-9H3,(H,30,34)/b20-18+/t21-,22+,23-,24-/m1/s1. The third kappa shape index (κ3) is 7.80. The minimum Gasteiger partial charge on any atom is -0.464 e. The first-order valence-corrected chi connectivity index (χ1v) is 14.1. The molecule has 0 radical (unpaired) electrons. The molecule has 9 heteroatoms. The van der Waals surface area contributed by atoms with Crippen molar-refractivity contribution in [1.82, 2.24) is 20.0 Å². The number of likely N-dealkylation sites (N-methyl/N-ethyl adjacent to an activating group) is 2. The van der Waals surface area contributed by atoms with Crippen molar-refractivity contribution in [2.24, 2.45) is 11.3 Å². The van der Waals surface area contributed by atoms with Crippen molar-refractivity contribution < 1.29 is 23.9 Å². The Morgan fingerprint density at radius 2 is 1.68 bits per heavy atom. The molecule has 0 saturated carbocycles. The second-order valence-electron chi connectivity index (χ2n) is 12.2. The molecule has 2 aliphatic heterocycles. The zero-order valence-corrected chi connectivity index (χ0v) is 25.0. The van der Waals surface area contributed by atoms with Gasteiger partial charge in [0, 0.05) is 19.2 Å². The van der Waals surface area contributed by atoms with Crippen LogP contribution < -0.4 is 5.32 Å². The van der Waals surface area contributed by atoms with Gasteiger partial charge in [-0.1, -0.05) is 47.1 Å². The van der Waals surface area contributed by atoms with E-state index in [1.807, 2.05) is 47.7 Å². The number of esters is 1. The minimum absolute atomic E-state index is 0.0203. The van der Waals surface area contributed by atoms with Crippen molar-refractivity contribution in [1.29, 1.82) is 0 Å². The van der Waals surface area contributed by atoms with E-state index >= 15 is 0 Å². The molecule has 4 atom stereocenters. The zero-order chi connectivity index (χ0) is 28.8. The van der Waals surface area contributed by atoms with Crippen LogP contribution in [0.2, 0.25) is 0 Å². The Bertz CT molecular complexity index is 894. The first-order chi connectivity index (χ1) is 17.7. The van der Waals surface area contributed by atoms with Gasteiger partial charge in [-0.3, -0.25) is 19.3 Å². The van der Waals surface area contributed by atoms with Crippen LogP contribution in [0, 0.1) is 11.3 Å². The molecule has 1 N–H and O–H groups in total. The molecule has 2 rings (SSSR count). The van der Waals surface area contributed by atoms with Crippen LogP contribution in [0.3, 0.4) is 0 Å². The fourth-order valence-corrected chi connectivity index (χ4v) is 5.44. The summed E-state index contributed by atoms with van der Waals surface area (Å²) in [6.07, 6.45) is 6.01. The van der Waals surface area contributed by atoms with E-state index in [1.165, 1.54) is 0 Å². The van der Waals surface area contributed by atoms with E-state index < -0.39 is 17.5 Å². The number of rotatable bonds is 9. The summed E-state index contributed by atoms with van der Waals surface area (Å²) in [6.45, 7) is 15.0. The molecule has 9 nitrogen and oxygen atoms in total. The number of piperidine rings is 1. The third-order valence-corrected chi connectivity index (χ3v) is 7.78. The molecule has 216 valence electrons. The fourth-order valence-electron chi connectivity index (χ4n) is 5.44. The van der Waals surface area contributed by atoms with Gasteiger partial charge in [-0.15, -0.1) is 0 Å². The van der Waals surface area contributed by atoms with Gasteiger partial charge in [-0.2, -0.15) is 0 Å². The van der Waals surface area contributed by atoms with Crippen LogP contribution in [0.5, 0.6) is 0 Å². The highest BCUT2D eigenvalue weighted by Crippen LogP contribution is 2.26. The van der Waals surface area contributed by atoms with Gasteiger partial charge in [-0.25, -0.2) is 4.79 Å². The van der Waals surface area contributed by atoms with Gasteiger partial charge in [0.2, 0.25) is 17.7 Å². The van der Waals surface area contributed by atoms with Crippen LogP contribution >= 0.6 is 0 Å². The molecule has 3 amide bonds. The minimum atomic E-state index is -0.715. The van der Waals surface area contributed by atoms with Crippen LogP contribution in [-0.4, -0.2) is 96.3 Å². The summed E-state index contributed by atoms with van der Waals surface area (Å²) in [5, 5.41) is 3.06. The lowest BCUT2D eigenvalue weighted by Crippen LogP contribution is -2.59. The largest absolute Gasteiger partial charge is 0.464 e. The summed E-state index contributed by atoms with van der Waals surface area (Å²) < 4.78 is 5.17. The second kappa shape index (κ2) is 13.6. The molecule has 0 unspecified atom stereocenters. The number of hydrogen-bond acceptors (Lipinski definition) is 6. The van der Waals surface area contributed by atoms with Crippen LogP contribution in [0.15, 0.2) is 11.6 Å². The molecule has 2 aliphatic rings. The van der Waals surface area contributed by atoms with E-state index in [2.05, 4.69) is 10.2 Å². The number of hydrogen-bond donors (Lipinski definition) is 1. The maximum Gasteiger partial charge on any atom is 0.328 e. The maximum atomic E-state index is 13.9. The fraction of sp³-hybridized carbons (Fsp3) is 0.793. The van der Waals surface area contributed by atoms with E-state index in [-0.39, 0.29) is 48.3 Å². The maximum absolute atomic E-state index is 13.9. The molecule has 0 spiro atoms. The topological polar surface area (TPSA) is 99.3 Å². The summed E-state index contributed by atoms with van der Waals surface area (Å²) in [5.41, 5.74) is -0.0213. The molecule has 0 aromatic heterocycles. The molecule has 0 aliphatic carbocycles. The van der Waals surface area contributed by atoms with E-state index in [0.29, 0.717) is 18.5 Å². The van der Waals surface area contributed by atoms with Crippen molar-refractivity contribution in [3.8, 4) is 0 Å². The number of carbonyl (C=O) groups is 4. The summed E-state index contributed by atoms with van der Waals surface area (Å²) >= 11 is 0. The zero-order valence-electron chi connectivity index (χ0n) is 25.0. The van der Waals surface area contributed by atoms with E-state index in [9.17, 15) is 19.2 Å². The van der Waals surface area contributed by atoms with Crippen molar-refractivity contribution in [3.05, 3.63) is 11.6 Å². The molecular formula is C29H50N4O5. The van der Waals surface area contributed by atoms with Gasteiger partial charge in [0.15, 0.2) is 0 Å². The molecule has 0 aromatic rings. The quantitative estimate of drug-likeness (QED) is 0.361. The highest BCUT2D eigenvalue weighted by molar-refractivity contribution is 5.96. The van der Waals surface area contributed by atoms with E-state index in [1.54, 1.807) is 30.7 Å². The van der Waals surface area contributed by atoms with Gasteiger partial charge in [0.1, 0.15) is 12.1 Å². The third-order valence-electron chi connectivity index (χ3n) is 7.78. The number of nitrogens with one attached hydrogen (secondary N) is 1. The van der Waals surface area contributed by atoms with Gasteiger partial charge >= 0.3 is 5.97 Å². The normalized spacial score (nSPS) is 22.7. The van der Waals surface area contributed by atoms with Crippen molar-refractivity contribution in [3.63, 3.8) is 0 Å².